The lowest BCUT2D eigenvalue weighted by atomic mass is 9.94. The van der Waals surface area contributed by atoms with Crippen molar-refractivity contribution < 1.29 is 9.53 Å². The van der Waals surface area contributed by atoms with Crippen LogP contribution in [0.5, 0.6) is 0 Å². The van der Waals surface area contributed by atoms with E-state index in [2.05, 4.69) is 20.5 Å². The van der Waals surface area contributed by atoms with Crippen molar-refractivity contribution in [1.82, 2.24) is 20.5 Å². The first-order chi connectivity index (χ1) is 10.7. The number of hydrogen-bond acceptors (Lipinski definition) is 4. The zero-order valence-corrected chi connectivity index (χ0v) is 12.6. The molecule has 6 heteroatoms. The minimum absolute atomic E-state index is 0.0184. The number of carbonyl (C=O) groups excluding carboxylic acids is 1. The number of carbonyl (C=O) groups is 1. The molecule has 1 saturated heterocycles. The molecule has 1 amide bonds. The van der Waals surface area contributed by atoms with Gasteiger partial charge in [-0.3, -0.25) is 9.89 Å². The number of H-pyrrole nitrogens is 1. The Balaban J connectivity index is 1.58. The molecule has 0 aliphatic carbocycles. The van der Waals surface area contributed by atoms with Crippen molar-refractivity contribution in [3.63, 3.8) is 0 Å². The molecule has 2 aromatic rings. The highest BCUT2D eigenvalue weighted by molar-refractivity contribution is 5.79. The van der Waals surface area contributed by atoms with Crippen LogP contribution in [0.25, 0.3) is 11.4 Å². The normalized spacial score (nSPS) is 21.5. The number of nitrogens with zero attached hydrogens (tertiary/aromatic N) is 2. The molecule has 0 saturated carbocycles. The summed E-state index contributed by atoms with van der Waals surface area (Å²) in [5.74, 6) is 1.23. The number of ether oxygens (including phenoxy) is 1. The molecule has 22 heavy (non-hydrogen) atoms. The molecule has 0 bridgehead atoms. The van der Waals surface area contributed by atoms with E-state index in [0.717, 1.165) is 25.0 Å². The average molecular weight is 300 g/mol. The van der Waals surface area contributed by atoms with Crippen LogP contribution in [0.4, 0.5) is 0 Å². The van der Waals surface area contributed by atoms with E-state index < -0.39 is 0 Å². The van der Waals surface area contributed by atoms with Crippen molar-refractivity contribution in [3.8, 4) is 11.4 Å². The molecule has 2 N–H and O–H groups in total. The summed E-state index contributed by atoms with van der Waals surface area (Å²) in [6, 6.07) is 9.74. The van der Waals surface area contributed by atoms with E-state index in [1.165, 1.54) is 0 Å². The van der Waals surface area contributed by atoms with E-state index in [1.54, 1.807) is 0 Å². The number of nitrogens with one attached hydrogen (secondary N) is 2. The molecule has 2 unspecified atom stereocenters. The molecule has 6 nitrogen and oxygen atoms in total. The number of rotatable bonds is 4. The van der Waals surface area contributed by atoms with Crippen LogP contribution >= 0.6 is 0 Å². The summed E-state index contributed by atoms with van der Waals surface area (Å²) < 4.78 is 5.53. The van der Waals surface area contributed by atoms with Crippen LogP contribution in [-0.2, 0) is 16.1 Å². The highest BCUT2D eigenvalue weighted by Crippen LogP contribution is 2.20. The lowest BCUT2D eigenvalue weighted by Gasteiger charge is -2.27. The molecular weight excluding hydrogens is 280 g/mol. The number of hydrogen-bond donors (Lipinski definition) is 2. The first-order valence-electron chi connectivity index (χ1n) is 7.60. The molecule has 1 aromatic carbocycles. The van der Waals surface area contributed by atoms with E-state index in [1.807, 2.05) is 37.3 Å². The van der Waals surface area contributed by atoms with Crippen molar-refractivity contribution in [2.75, 3.05) is 6.61 Å². The number of aromatic amines is 1. The largest absolute Gasteiger partial charge is 0.378 e. The molecule has 0 radical (unpaired) electrons. The van der Waals surface area contributed by atoms with Crippen LogP contribution in [0, 0.1) is 5.92 Å². The number of aromatic nitrogens is 3. The van der Waals surface area contributed by atoms with Crippen molar-refractivity contribution in [2.24, 2.45) is 5.92 Å². The fourth-order valence-corrected chi connectivity index (χ4v) is 2.66. The molecule has 2 heterocycles. The van der Waals surface area contributed by atoms with Gasteiger partial charge < -0.3 is 10.1 Å². The number of benzene rings is 1. The van der Waals surface area contributed by atoms with Crippen molar-refractivity contribution in [2.45, 2.75) is 32.4 Å². The Labute approximate surface area is 129 Å². The Bertz CT molecular complexity index is 626. The predicted molar refractivity (Wildman–Crippen MR) is 81.8 cm³/mol. The monoisotopic (exact) mass is 300 g/mol. The minimum Gasteiger partial charge on any atom is -0.378 e. The summed E-state index contributed by atoms with van der Waals surface area (Å²) in [7, 11) is 0. The van der Waals surface area contributed by atoms with Crippen LogP contribution in [0.1, 0.15) is 25.6 Å². The van der Waals surface area contributed by atoms with E-state index in [9.17, 15) is 4.79 Å². The first kappa shape index (κ1) is 14.7. The Morgan fingerprint density at radius 1 is 1.41 bits per heavy atom. The van der Waals surface area contributed by atoms with Gasteiger partial charge in [-0.25, -0.2) is 4.98 Å². The van der Waals surface area contributed by atoms with Crippen molar-refractivity contribution in [3.05, 3.63) is 36.2 Å². The van der Waals surface area contributed by atoms with Crippen molar-refractivity contribution >= 4 is 5.91 Å². The molecule has 3 rings (SSSR count). The third-order valence-electron chi connectivity index (χ3n) is 3.94. The second-order valence-electron chi connectivity index (χ2n) is 5.51. The lowest BCUT2D eigenvalue weighted by Crippen LogP contribution is -2.40. The zero-order chi connectivity index (χ0) is 15.4. The highest BCUT2D eigenvalue weighted by Gasteiger charge is 2.28. The van der Waals surface area contributed by atoms with Crippen molar-refractivity contribution in [1.29, 1.82) is 0 Å². The smallest absolute Gasteiger partial charge is 0.226 e. The van der Waals surface area contributed by atoms with E-state index in [0.29, 0.717) is 18.2 Å². The summed E-state index contributed by atoms with van der Waals surface area (Å²) in [4.78, 5) is 16.6. The van der Waals surface area contributed by atoms with Crippen LogP contribution in [0.3, 0.4) is 0 Å². The summed E-state index contributed by atoms with van der Waals surface area (Å²) in [5, 5.41) is 9.96. The van der Waals surface area contributed by atoms with Gasteiger partial charge in [-0.05, 0) is 19.8 Å². The second-order valence-corrected chi connectivity index (χ2v) is 5.51. The molecule has 116 valence electrons. The maximum Gasteiger partial charge on any atom is 0.226 e. The maximum absolute atomic E-state index is 12.2. The van der Waals surface area contributed by atoms with Gasteiger partial charge in [0.2, 0.25) is 5.91 Å². The third kappa shape index (κ3) is 3.33. The van der Waals surface area contributed by atoms with E-state index in [4.69, 9.17) is 4.74 Å². The Hall–Kier alpha value is -2.21. The van der Waals surface area contributed by atoms with E-state index >= 15 is 0 Å². The van der Waals surface area contributed by atoms with Gasteiger partial charge in [0.25, 0.3) is 0 Å². The highest BCUT2D eigenvalue weighted by atomic mass is 16.5. The SMILES string of the molecule is CC1OCCCC1C(=O)NCc1nc(-c2ccccc2)n[nH]1. The van der Waals surface area contributed by atoms with Gasteiger partial charge in [-0.2, -0.15) is 5.10 Å². The fourth-order valence-electron chi connectivity index (χ4n) is 2.66. The average Bonchev–Trinajstić information content (AvgIpc) is 3.03. The molecule has 1 aliphatic rings. The topological polar surface area (TPSA) is 79.9 Å². The predicted octanol–water partition coefficient (Wildman–Crippen LogP) is 1.90. The maximum atomic E-state index is 12.2. The fraction of sp³-hybridized carbons (Fsp3) is 0.438. The third-order valence-corrected chi connectivity index (χ3v) is 3.94. The molecular formula is C16H20N4O2. The van der Waals surface area contributed by atoms with Gasteiger partial charge in [0, 0.05) is 12.2 Å². The first-order valence-corrected chi connectivity index (χ1v) is 7.60. The van der Waals surface area contributed by atoms with Crippen LogP contribution in [-0.4, -0.2) is 33.8 Å². The summed E-state index contributed by atoms with van der Waals surface area (Å²) >= 11 is 0. The molecule has 2 atom stereocenters. The van der Waals surface area contributed by atoms with Crippen LogP contribution < -0.4 is 5.32 Å². The number of amides is 1. The van der Waals surface area contributed by atoms with Gasteiger partial charge in [0.05, 0.1) is 18.6 Å². The lowest BCUT2D eigenvalue weighted by molar-refractivity contribution is -0.133. The Morgan fingerprint density at radius 3 is 3.00 bits per heavy atom. The molecule has 1 aromatic heterocycles. The van der Waals surface area contributed by atoms with E-state index in [-0.39, 0.29) is 17.9 Å². The van der Waals surface area contributed by atoms with Gasteiger partial charge in [-0.15, -0.1) is 0 Å². The second kappa shape index (κ2) is 6.70. The standard InChI is InChI=1S/C16H20N4O2/c1-11-13(8-5-9-22-11)16(21)17-10-14-18-15(20-19-14)12-6-3-2-4-7-12/h2-4,6-7,11,13H,5,8-10H2,1H3,(H,17,21)(H,18,19,20). The Kier molecular flexibility index (Phi) is 4.48. The molecule has 0 spiro atoms. The summed E-state index contributed by atoms with van der Waals surface area (Å²) in [6.07, 6.45) is 1.78. The van der Waals surface area contributed by atoms with Gasteiger partial charge in [-0.1, -0.05) is 30.3 Å². The van der Waals surface area contributed by atoms with Gasteiger partial charge >= 0.3 is 0 Å². The molecule has 1 aliphatic heterocycles. The zero-order valence-electron chi connectivity index (χ0n) is 12.6. The van der Waals surface area contributed by atoms with Crippen LogP contribution in [0.15, 0.2) is 30.3 Å². The summed E-state index contributed by atoms with van der Waals surface area (Å²) in [6.45, 7) is 3.04. The Morgan fingerprint density at radius 2 is 2.23 bits per heavy atom. The minimum atomic E-state index is -0.0785. The van der Waals surface area contributed by atoms with Crippen LogP contribution in [0.2, 0.25) is 0 Å². The van der Waals surface area contributed by atoms with Gasteiger partial charge in [0.1, 0.15) is 5.82 Å². The molecule has 1 fully saturated rings. The van der Waals surface area contributed by atoms with Gasteiger partial charge in [0.15, 0.2) is 5.82 Å². The quantitative estimate of drug-likeness (QED) is 0.904. The summed E-state index contributed by atoms with van der Waals surface area (Å²) in [5.41, 5.74) is 0.950.